The highest BCUT2D eigenvalue weighted by Gasteiger charge is 2.35. The smallest absolute Gasteiger partial charge is 0.338 e. The Kier molecular flexibility index (Phi) is 8.07. The Morgan fingerprint density at radius 2 is 1.83 bits per heavy atom. The molecule has 0 fully saturated rings. The number of para-hydroxylation sites is 1. The summed E-state index contributed by atoms with van der Waals surface area (Å²) in [6.45, 7) is 11.7. The standard InChI is InChI=1S/C32H32ClN3O4S/c1-7-39-31(38)28-20(5)34-32-36(29(28)25-10-8-9-11-26(25)40-18(2)3)30(37)27(41-32)17-22-16-19(4)35(21(22)6)24-14-12-23(33)13-15-24/h8-18,29H,7H2,1-6H3/b27-17-/t29-/m0/s1. The van der Waals surface area contributed by atoms with Gasteiger partial charge in [0, 0.05) is 27.7 Å². The quantitative estimate of drug-likeness (QED) is 0.261. The molecule has 0 spiro atoms. The third-order valence-corrected chi connectivity index (χ3v) is 8.17. The number of fused-ring (bicyclic) bond motifs is 1. The maximum Gasteiger partial charge on any atom is 0.338 e. The van der Waals surface area contributed by atoms with Crippen LogP contribution in [0.15, 0.2) is 75.7 Å². The molecule has 2 aromatic carbocycles. The van der Waals surface area contributed by atoms with Crippen molar-refractivity contribution in [3.63, 3.8) is 0 Å². The Hall–Kier alpha value is -3.88. The number of thiazole rings is 1. The summed E-state index contributed by atoms with van der Waals surface area (Å²) in [6, 6.07) is 16.5. The Labute approximate surface area is 247 Å². The van der Waals surface area contributed by atoms with Crippen molar-refractivity contribution in [2.75, 3.05) is 6.61 Å². The van der Waals surface area contributed by atoms with Crippen LogP contribution in [0.3, 0.4) is 0 Å². The van der Waals surface area contributed by atoms with Crippen molar-refractivity contribution in [3.8, 4) is 11.4 Å². The van der Waals surface area contributed by atoms with Gasteiger partial charge < -0.3 is 14.0 Å². The normalized spacial score (nSPS) is 15.2. The maximum absolute atomic E-state index is 14.1. The highest BCUT2D eigenvalue weighted by molar-refractivity contribution is 7.07. The number of esters is 1. The molecule has 41 heavy (non-hydrogen) atoms. The largest absolute Gasteiger partial charge is 0.491 e. The first kappa shape index (κ1) is 28.6. The number of carbonyl (C=O) groups is 1. The number of allylic oxidation sites excluding steroid dienone is 1. The van der Waals surface area contributed by atoms with Crippen LogP contribution in [0.1, 0.15) is 56.3 Å². The fourth-order valence-electron chi connectivity index (χ4n) is 5.22. The van der Waals surface area contributed by atoms with E-state index in [1.54, 1.807) is 18.4 Å². The first-order valence-electron chi connectivity index (χ1n) is 13.5. The molecule has 0 aliphatic carbocycles. The minimum Gasteiger partial charge on any atom is -0.491 e. The lowest BCUT2D eigenvalue weighted by molar-refractivity contribution is -0.139. The third-order valence-electron chi connectivity index (χ3n) is 6.94. The van der Waals surface area contributed by atoms with Crippen molar-refractivity contribution < 1.29 is 14.3 Å². The number of hydrogen-bond donors (Lipinski definition) is 0. The Morgan fingerprint density at radius 1 is 1.12 bits per heavy atom. The number of benzene rings is 2. The molecule has 0 bridgehead atoms. The molecule has 1 aliphatic heterocycles. The van der Waals surface area contributed by atoms with Gasteiger partial charge >= 0.3 is 5.97 Å². The van der Waals surface area contributed by atoms with Crippen molar-refractivity contribution >= 4 is 35.0 Å². The van der Waals surface area contributed by atoms with Crippen LogP contribution in [0.4, 0.5) is 0 Å². The molecule has 212 valence electrons. The van der Waals surface area contributed by atoms with Gasteiger partial charge in [-0.2, -0.15) is 0 Å². The fourth-order valence-corrected chi connectivity index (χ4v) is 6.38. The van der Waals surface area contributed by atoms with Crippen molar-refractivity contribution in [1.82, 2.24) is 9.13 Å². The average molecular weight is 590 g/mol. The van der Waals surface area contributed by atoms with Crippen LogP contribution in [-0.4, -0.2) is 27.8 Å². The predicted octanol–water partition coefficient (Wildman–Crippen LogP) is 5.65. The molecular weight excluding hydrogens is 558 g/mol. The number of nitrogens with zero attached hydrogens (tertiary/aromatic N) is 3. The second kappa shape index (κ2) is 11.5. The molecule has 7 nitrogen and oxygen atoms in total. The second-order valence-electron chi connectivity index (χ2n) is 10.1. The van der Waals surface area contributed by atoms with Gasteiger partial charge in [0.25, 0.3) is 5.56 Å². The van der Waals surface area contributed by atoms with Gasteiger partial charge in [-0.25, -0.2) is 9.79 Å². The minimum absolute atomic E-state index is 0.0981. The van der Waals surface area contributed by atoms with Crippen LogP contribution < -0.4 is 19.6 Å². The molecule has 5 rings (SSSR count). The summed E-state index contributed by atoms with van der Waals surface area (Å²) in [5.74, 6) is 0.101. The van der Waals surface area contributed by atoms with Crippen LogP contribution in [0.5, 0.6) is 5.75 Å². The SMILES string of the molecule is CCOC(=O)C1=C(C)N=c2s/c(=C\c3cc(C)n(-c4ccc(Cl)cc4)c3C)c(=O)n2[C@H]1c1ccccc1OC(C)C. The number of hydrogen-bond acceptors (Lipinski definition) is 6. The molecule has 1 aliphatic rings. The second-order valence-corrected chi connectivity index (χ2v) is 11.6. The summed E-state index contributed by atoms with van der Waals surface area (Å²) in [6.07, 6.45) is 1.80. The lowest BCUT2D eigenvalue weighted by atomic mass is 9.95. The minimum atomic E-state index is -0.746. The molecule has 0 N–H and O–H groups in total. The van der Waals surface area contributed by atoms with E-state index in [2.05, 4.69) is 10.6 Å². The van der Waals surface area contributed by atoms with Crippen molar-refractivity contribution in [1.29, 1.82) is 0 Å². The van der Waals surface area contributed by atoms with Gasteiger partial charge in [-0.15, -0.1) is 0 Å². The first-order valence-corrected chi connectivity index (χ1v) is 14.7. The van der Waals surface area contributed by atoms with E-state index in [0.717, 1.165) is 22.6 Å². The highest BCUT2D eigenvalue weighted by Crippen LogP contribution is 2.36. The van der Waals surface area contributed by atoms with Crippen LogP contribution in [0, 0.1) is 13.8 Å². The lowest BCUT2D eigenvalue weighted by Crippen LogP contribution is -2.40. The van der Waals surface area contributed by atoms with E-state index >= 15 is 0 Å². The first-order chi connectivity index (χ1) is 19.6. The average Bonchev–Trinajstić information content (AvgIpc) is 3.38. The summed E-state index contributed by atoms with van der Waals surface area (Å²) < 4.78 is 15.8. The number of carbonyl (C=O) groups excluding carboxylic acids is 1. The predicted molar refractivity (Wildman–Crippen MR) is 163 cm³/mol. The molecule has 9 heteroatoms. The number of ether oxygens (including phenoxy) is 2. The van der Waals surface area contributed by atoms with Gasteiger partial charge in [0.05, 0.1) is 28.5 Å². The van der Waals surface area contributed by atoms with Crippen molar-refractivity contribution in [2.45, 2.75) is 53.7 Å². The molecule has 0 saturated carbocycles. The number of rotatable bonds is 7. The van der Waals surface area contributed by atoms with Crippen molar-refractivity contribution in [3.05, 3.63) is 113 Å². The number of halogens is 1. The maximum atomic E-state index is 14.1. The molecule has 0 saturated heterocycles. The van der Waals surface area contributed by atoms with Crippen molar-refractivity contribution in [2.24, 2.45) is 4.99 Å². The third kappa shape index (κ3) is 5.42. The monoisotopic (exact) mass is 589 g/mol. The summed E-state index contributed by atoms with van der Waals surface area (Å²) in [5.41, 5.74) is 5.24. The molecular formula is C32H32ClN3O4S. The zero-order chi connectivity index (χ0) is 29.4. The summed E-state index contributed by atoms with van der Waals surface area (Å²) in [4.78, 5) is 32.6. The number of aromatic nitrogens is 2. The Balaban J connectivity index is 1.71. The molecule has 0 amide bonds. The van der Waals surface area contributed by atoms with E-state index in [9.17, 15) is 9.59 Å². The van der Waals surface area contributed by atoms with Crippen LogP contribution in [-0.2, 0) is 9.53 Å². The van der Waals surface area contributed by atoms with E-state index < -0.39 is 12.0 Å². The van der Waals surface area contributed by atoms with Gasteiger partial charge in [0.1, 0.15) is 11.8 Å². The summed E-state index contributed by atoms with van der Waals surface area (Å²) in [7, 11) is 0. The summed E-state index contributed by atoms with van der Waals surface area (Å²) in [5, 5.41) is 0.671. The van der Waals surface area contributed by atoms with E-state index in [4.69, 9.17) is 26.1 Å². The van der Waals surface area contributed by atoms with Gasteiger partial charge in [-0.3, -0.25) is 9.36 Å². The molecule has 0 unspecified atom stereocenters. The van der Waals surface area contributed by atoms with E-state index in [1.165, 1.54) is 11.3 Å². The number of aryl methyl sites for hydroxylation is 1. The summed E-state index contributed by atoms with van der Waals surface area (Å²) >= 11 is 7.41. The molecule has 1 atom stereocenters. The lowest BCUT2D eigenvalue weighted by Gasteiger charge is -2.26. The van der Waals surface area contributed by atoms with Gasteiger partial charge in [-0.1, -0.05) is 41.1 Å². The van der Waals surface area contributed by atoms with E-state index in [-0.39, 0.29) is 18.3 Å². The van der Waals surface area contributed by atoms with Gasteiger partial charge in [-0.05, 0) is 89.6 Å². The van der Waals surface area contributed by atoms with E-state index in [0.29, 0.717) is 36.9 Å². The van der Waals surface area contributed by atoms with Gasteiger partial charge in [0.15, 0.2) is 4.80 Å². The molecule has 4 aromatic rings. The fraction of sp³-hybridized carbons (Fsp3) is 0.281. The Morgan fingerprint density at radius 3 is 2.51 bits per heavy atom. The highest BCUT2D eigenvalue weighted by atomic mass is 35.5. The molecule has 3 heterocycles. The van der Waals surface area contributed by atoms with Crippen LogP contribution in [0.2, 0.25) is 5.02 Å². The van der Waals surface area contributed by atoms with Gasteiger partial charge in [0.2, 0.25) is 0 Å². The van der Waals surface area contributed by atoms with Crippen LogP contribution in [0.25, 0.3) is 11.8 Å². The topological polar surface area (TPSA) is 74.8 Å². The molecule has 2 aromatic heterocycles. The zero-order valence-corrected chi connectivity index (χ0v) is 25.5. The zero-order valence-electron chi connectivity index (χ0n) is 23.9. The van der Waals surface area contributed by atoms with E-state index in [1.807, 2.05) is 82.3 Å². The van der Waals surface area contributed by atoms with Crippen LogP contribution >= 0.6 is 22.9 Å². The Bertz CT molecular complexity index is 1840. The molecule has 0 radical (unpaired) electrons.